The molecule has 4 nitrogen and oxygen atoms in total. The lowest BCUT2D eigenvalue weighted by atomic mass is 10.3. The number of carbonyl (C=O) groups excluding carboxylic acids is 1. The summed E-state index contributed by atoms with van der Waals surface area (Å²) in [5.41, 5.74) is 1.21. The first-order valence-corrected chi connectivity index (χ1v) is 8.04. The summed E-state index contributed by atoms with van der Waals surface area (Å²) < 4.78 is 10.7. The summed E-state index contributed by atoms with van der Waals surface area (Å²) in [6.45, 7) is 4.62. The Balaban J connectivity index is 1.68. The number of anilines is 1. The lowest BCUT2D eigenvalue weighted by Crippen LogP contribution is -2.11. The molecule has 0 aliphatic heterocycles. The molecule has 1 aromatic carbocycles. The van der Waals surface area contributed by atoms with Crippen molar-refractivity contribution in [1.29, 1.82) is 0 Å². The molecule has 1 amide bonds. The van der Waals surface area contributed by atoms with Crippen molar-refractivity contribution < 1.29 is 14.3 Å². The van der Waals surface area contributed by atoms with Gasteiger partial charge in [0.25, 0.3) is 0 Å². The number of aryl methyl sites for hydroxylation is 2. The van der Waals surface area contributed by atoms with E-state index in [9.17, 15) is 4.79 Å². The number of rotatable bonds is 7. The second-order valence-electron chi connectivity index (χ2n) is 5.03. The van der Waals surface area contributed by atoms with E-state index in [2.05, 4.69) is 12.2 Å². The van der Waals surface area contributed by atoms with Crippen LogP contribution in [0.15, 0.2) is 30.3 Å². The van der Waals surface area contributed by atoms with Crippen molar-refractivity contribution in [3.8, 4) is 11.5 Å². The molecular formula is C17H21NO3S. The molecule has 2 aromatic rings. The third-order valence-electron chi connectivity index (χ3n) is 3.30. The highest BCUT2D eigenvalue weighted by Crippen LogP contribution is 2.25. The molecule has 1 aromatic heterocycles. The van der Waals surface area contributed by atoms with E-state index in [-0.39, 0.29) is 5.91 Å². The van der Waals surface area contributed by atoms with Crippen molar-refractivity contribution in [2.45, 2.75) is 26.7 Å². The monoisotopic (exact) mass is 319 g/mol. The van der Waals surface area contributed by atoms with Gasteiger partial charge in [-0.3, -0.25) is 4.79 Å². The molecule has 0 unspecified atom stereocenters. The van der Waals surface area contributed by atoms with Crippen molar-refractivity contribution in [3.63, 3.8) is 0 Å². The third kappa shape index (κ3) is 4.77. The topological polar surface area (TPSA) is 47.6 Å². The van der Waals surface area contributed by atoms with Crippen molar-refractivity contribution in [2.75, 3.05) is 19.0 Å². The van der Waals surface area contributed by atoms with E-state index in [1.54, 1.807) is 18.4 Å². The average molecular weight is 319 g/mol. The molecule has 0 spiro atoms. The molecule has 0 atom stereocenters. The molecule has 2 rings (SSSR count). The number of amides is 1. The van der Waals surface area contributed by atoms with Gasteiger partial charge in [0, 0.05) is 11.3 Å². The molecule has 1 N–H and O–H groups in total. The molecule has 5 heteroatoms. The van der Waals surface area contributed by atoms with Crippen LogP contribution in [-0.4, -0.2) is 19.6 Å². The highest BCUT2D eigenvalue weighted by molar-refractivity contribution is 7.16. The first-order chi connectivity index (χ1) is 10.6. The molecule has 22 heavy (non-hydrogen) atoms. The zero-order valence-corrected chi connectivity index (χ0v) is 14.0. The molecule has 118 valence electrons. The predicted octanol–water partition coefficient (Wildman–Crippen LogP) is 4.17. The Hall–Kier alpha value is -2.01. The van der Waals surface area contributed by atoms with Crippen LogP contribution >= 0.6 is 11.3 Å². The zero-order valence-electron chi connectivity index (χ0n) is 13.1. The van der Waals surface area contributed by atoms with E-state index < -0.39 is 0 Å². The normalized spacial score (nSPS) is 10.3. The van der Waals surface area contributed by atoms with Crippen LogP contribution in [-0.2, 0) is 4.79 Å². The van der Waals surface area contributed by atoms with Gasteiger partial charge in [-0.25, -0.2) is 0 Å². The minimum absolute atomic E-state index is 0.0274. The molecule has 0 bridgehead atoms. The summed E-state index contributed by atoms with van der Waals surface area (Å²) in [5.74, 6) is 1.61. The van der Waals surface area contributed by atoms with Gasteiger partial charge in [-0.05, 0) is 56.2 Å². The smallest absolute Gasteiger partial charge is 0.225 e. The second kappa shape index (κ2) is 7.84. The van der Waals surface area contributed by atoms with E-state index in [0.29, 0.717) is 19.4 Å². The van der Waals surface area contributed by atoms with Gasteiger partial charge < -0.3 is 14.8 Å². The zero-order chi connectivity index (χ0) is 15.9. The summed E-state index contributed by atoms with van der Waals surface area (Å²) in [7, 11) is 1.63. The van der Waals surface area contributed by atoms with E-state index in [1.807, 2.05) is 37.3 Å². The Morgan fingerprint density at radius 3 is 2.45 bits per heavy atom. The van der Waals surface area contributed by atoms with Gasteiger partial charge in [0.05, 0.1) is 18.7 Å². The summed E-state index contributed by atoms with van der Waals surface area (Å²) in [4.78, 5) is 13.1. The van der Waals surface area contributed by atoms with Crippen LogP contribution in [0.1, 0.15) is 23.3 Å². The maximum absolute atomic E-state index is 11.9. The summed E-state index contributed by atoms with van der Waals surface area (Å²) in [6, 6.07) is 9.42. The molecule has 1 heterocycles. The number of ether oxygens (including phenoxy) is 2. The predicted molar refractivity (Wildman–Crippen MR) is 90.1 cm³/mol. The van der Waals surface area contributed by atoms with Crippen molar-refractivity contribution in [2.24, 2.45) is 0 Å². The molecule has 0 saturated heterocycles. The number of methoxy groups -OCH3 is 1. The maximum atomic E-state index is 11.9. The lowest BCUT2D eigenvalue weighted by molar-refractivity contribution is -0.116. The Morgan fingerprint density at radius 1 is 1.18 bits per heavy atom. The largest absolute Gasteiger partial charge is 0.497 e. The highest BCUT2D eigenvalue weighted by Gasteiger charge is 2.06. The van der Waals surface area contributed by atoms with Gasteiger partial charge in [-0.1, -0.05) is 0 Å². The second-order valence-corrected chi connectivity index (χ2v) is 6.28. The standard InChI is InChI=1S/C17H21NO3S/c1-12-11-17(22-13(12)2)18-16(19)5-4-10-21-15-8-6-14(20-3)7-9-15/h6-9,11H,4-5,10H2,1-3H3,(H,18,19). The Labute approximate surface area is 135 Å². The summed E-state index contributed by atoms with van der Waals surface area (Å²) in [5, 5.41) is 3.84. The molecule has 0 aliphatic rings. The van der Waals surface area contributed by atoms with Gasteiger partial charge in [-0.15, -0.1) is 11.3 Å². The third-order valence-corrected chi connectivity index (χ3v) is 4.37. The van der Waals surface area contributed by atoms with E-state index in [4.69, 9.17) is 9.47 Å². The van der Waals surface area contributed by atoms with Crippen molar-refractivity contribution in [1.82, 2.24) is 0 Å². The Bertz CT molecular complexity index is 600. The molecule has 0 aliphatic carbocycles. The van der Waals surface area contributed by atoms with Gasteiger partial charge in [-0.2, -0.15) is 0 Å². The van der Waals surface area contributed by atoms with Gasteiger partial charge in [0.1, 0.15) is 11.5 Å². The minimum Gasteiger partial charge on any atom is -0.497 e. The van der Waals surface area contributed by atoms with E-state index in [0.717, 1.165) is 16.5 Å². The average Bonchev–Trinajstić information content (AvgIpc) is 2.82. The van der Waals surface area contributed by atoms with Crippen LogP contribution < -0.4 is 14.8 Å². The van der Waals surface area contributed by atoms with E-state index >= 15 is 0 Å². The number of nitrogens with one attached hydrogen (secondary N) is 1. The van der Waals surface area contributed by atoms with Crippen LogP contribution in [0.4, 0.5) is 5.00 Å². The minimum atomic E-state index is 0.0274. The number of benzene rings is 1. The van der Waals surface area contributed by atoms with Crippen LogP contribution in [0, 0.1) is 13.8 Å². The molecular weight excluding hydrogens is 298 g/mol. The van der Waals surface area contributed by atoms with Gasteiger partial charge in [0.15, 0.2) is 0 Å². The number of hydrogen-bond acceptors (Lipinski definition) is 4. The molecule has 0 saturated carbocycles. The fourth-order valence-electron chi connectivity index (χ4n) is 1.93. The van der Waals surface area contributed by atoms with E-state index in [1.165, 1.54) is 10.4 Å². The quantitative estimate of drug-likeness (QED) is 0.779. The van der Waals surface area contributed by atoms with Crippen LogP contribution in [0.25, 0.3) is 0 Å². The molecule has 0 radical (unpaired) electrons. The van der Waals surface area contributed by atoms with Crippen LogP contribution in [0.2, 0.25) is 0 Å². The SMILES string of the molecule is COc1ccc(OCCCC(=O)Nc2cc(C)c(C)s2)cc1. The molecule has 0 fully saturated rings. The highest BCUT2D eigenvalue weighted by atomic mass is 32.1. The fourth-order valence-corrected chi connectivity index (χ4v) is 2.88. The Morgan fingerprint density at radius 2 is 1.86 bits per heavy atom. The van der Waals surface area contributed by atoms with Crippen molar-refractivity contribution in [3.05, 3.63) is 40.8 Å². The number of hydrogen-bond donors (Lipinski definition) is 1. The van der Waals surface area contributed by atoms with Gasteiger partial charge in [0.2, 0.25) is 5.91 Å². The van der Waals surface area contributed by atoms with Crippen LogP contribution in [0.3, 0.4) is 0 Å². The van der Waals surface area contributed by atoms with Crippen molar-refractivity contribution >= 4 is 22.2 Å². The maximum Gasteiger partial charge on any atom is 0.225 e. The fraction of sp³-hybridized carbons (Fsp3) is 0.353. The van der Waals surface area contributed by atoms with Crippen LogP contribution in [0.5, 0.6) is 11.5 Å². The number of thiophene rings is 1. The number of carbonyl (C=O) groups is 1. The first kappa shape index (κ1) is 16.4. The van der Waals surface area contributed by atoms with Gasteiger partial charge >= 0.3 is 0 Å². The first-order valence-electron chi connectivity index (χ1n) is 7.22. The Kier molecular flexibility index (Phi) is 5.83. The summed E-state index contributed by atoms with van der Waals surface area (Å²) in [6.07, 6.45) is 1.13. The lowest BCUT2D eigenvalue weighted by Gasteiger charge is -2.07. The summed E-state index contributed by atoms with van der Waals surface area (Å²) >= 11 is 1.61.